The zero-order chi connectivity index (χ0) is 19.8. The van der Waals surface area contributed by atoms with Crippen molar-refractivity contribution in [3.8, 4) is 0 Å². The molecule has 4 nitrogen and oxygen atoms in total. The van der Waals surface area contributed by atoms with Crippen LogP contribution >= 0.6 is 0 Å². The van der Waals surface area contributed by atoms with Crippen LogP contribution in [-0.2, 0) is 22.6 Å². The van der Waals surface area contributed by atoms with Crippen LogP contribution < -0.4 is 4.90 Å². The van der Waals surface area contributed by atoms with E-state index in [0.29, 0.717) is 13.0 Å². The quantitative estimate of drug-likeness (QED) is 0.450. The highest BCUT2D eigenvalue weighted by Crippen LogP contribution is 2.34. The fraction of sp³-hybridized carbons (Fsp3) is 0.125. The number of carbonyl (C=O) groups excluding carboxylic acids is 1. The smallest absolute Gasteiger partial charge is 0.330 e. The van der Waals surface area contributed by atoms with Crippen molar-refractivity contribution in [2.75, 3.05) is 11.5 Å². The Labute approximate surface area is 165 Å². The first-order valence-electron chi connectivity index (χ1n) is 9.14. The van der Waals surface area contributed by atoms with Crippen molar-refractivity contribution in [1.82, 2.24) is 0 Å². The molecule has 0 aliphatic rings. The normalized spacial score (nSPS) is 10.3. The first-order chi connectivity index (χ1) is 13.7. The molecule has 3 aromatic carbocycles. The summed E-state index contributed by atoms with van der Waals surface area (Å²) < 4.78 is 5.05. The second-order valence-electron chi connectivity index (χ2n) is 6.28. The Bertz CT molecular complexity index is 903. The number of aliphatic hydroxyl groups excluding tert-OH is 1. The standard InChI is InChI=1S/C24H23NO3/c1-2-24(27)28-17-16-19-8-12-22(13-9-19)25(21-6-4-3-5-7-21)23-14-10-20(18-26)11-15-23/h2-15,26H,1,16-18H2. The van der Waals surface area contributed by atoms with Gasteiger partial charge in [0.2, 0.25) is 0 Å². The molecule has 0 radical (unpaired) electrons. The lowest BCUT2D eigenvalue weighted by atomic mass is 10.1. The molecule has 4 heteroatoms. The average molecular weight is 373 g/mol. The van der Waals surface area contributed by atoms with E-state index in [-0.39, 0.29) is 6.61 Å². The fourth-order valence-corrected chi connectivity index (χ4v) is 2.91. The van der Waals surface area contributed by atoms with Crippen molar-refractivity contribution in [2.45, 2.75) is 13.0 Å². The van der Waals surface area contributed by atoms with Crippen LogP contribution in [0.15, 0.2) is 91.5 Å². The summed E-state index contributed by atoms with van der Waals surface area (Å²) in [7, 11) is 0. The third kappa shape index (κ3) is 4.87. The van der Waals surface area contributed by atoms with E-state index in [1.54, 1.807) is 0 Å². The molecule has 28 heavy (non-hydrogen) atoms. The zero-order valence-corrected chi connectivity index (χ0v) is 15.6. The summed E-state index contributed by atoms with van der Waals surface area (Å²) in [4.78, 5) is 13.3. The van der Waals surface area contributed by atoms with E-state index in [1.807, 2.05) is 54.6 Å². The van der Waals surface area contributed by atoms with Crippen LogP contribution in [0.2, 0.25) is 0 Å². The summed E-state index contributed by atoms with van der Waals surface area (Å²) >= 11 is 0. The molecule has 0 spiro atoms. The lowest BCUT2D eigenvalue weighted by Crippen LogP contribution is -2.10. The molecule has 142 valence electrons. The second-order valence-corrected chi connectivity index (χ2v) is 6.28. The van der Waals surface area contributed by atoms with Crippen LogP contribution in [0.25, 0.3) is 0 Å². The van der Waals surface area contributed by atoms with E-state index in [2.05, 4.69) is 35.7 Å². The van der Waals surface area contributed by atoms with Crippen molar-refractivity contribution in [3.63, 3.8) is 0 Å². The minimum atomic E-state index is -0.404. The van der Waals surface area contributed by atoms with Crippen molar-refractivity contribution >= 4 is 23.0 Å². The van der Waals surface area contributed by atoms with Gasteiger partial charge in [0.1, 0.15) is 0 Å². The van der Waals surface area contributed by atoms with Gasteiger partial charge in [0.15, 0.2) is 0 Å². The van der Waals surface area contributed by atoms with Crippen LogP contribution in [0.1, 0.15) is 11.1 Å². The van der Waals surface area contributed by atoms with Crippen LogP contribution in [0.3, 0.4) is 0 Å². The Balaban J connectivity index is 1.84. The summed E-state index contributed by atoms with van der Waals surface area (Å²) in [6, 6.07) is 26.2. The Morgan fingerprint density at radius 2 is 1.39 bits per heavy atom. The number of ether oxygens (including phenoxy) is 1. The van der Waals surface area contributed by atoms with Gasteiger partial charge >= 0.3 is 5.97 Å². The second kappa shape index (κ2) is 9.53. The molecule has 0 aliphatic carbocycles. The highest BCUT2D eigenvalue weighted by molar-refractivity contribution is 5.81. The van der Waals surface area contributed by atoms with E-state index in [1.165, 1.54) is 6.08 Å². The van der Waals surface area contributed by atoms with Gasteiger partial charge in [-0.25, -0.2) is 4.79 Å². The molecule has 3 aromatic rings. The Hall–Kier alpha value is -3.37. The molecule has 0 bridgehead atoms. The van der Waals surface area contributed by atoms with Crippen LogP contribution in [0.5, 0.6) is 0 Å². The summed E-state index contributed by atoms with van der Waals surface area (Å²) in [5.41, 5.74) is 5.04. The van der Waals surface area contributed by atoms with E-state index < -0.39 is 5.97 Å². The van der Waals surface area contributed by atoms with Gasteiger partial charge in [0, 0.05) is 29.6 Å². The number of hydrogen-bond acceptors (Lipinski definition) is 4. The molecular formula is C24H23NO3. The maximum atomic E-state index is 11.1. The topological polar surface area (TPSA) is 49.8 Å². The molecule has 0 fully saturated rings. The molecule has 0 aliphatic heterocycles. The third-order valence-corrected chi connectivity index (χ3v) is 4.39. The molecule has 0 amide bonds. The monoisotopic (exact) mass is 373 g/mol. The highest BCUT2D eigenvalue weighted by Gasteiger charge is 2.12. The predicted octanol–water partition coefficient (Wildman–Crippen LogP) is 4.92. The molecule has 0 heterocycles. The van der Waals surface area contributed by atoms with E-state index in [0.717, 1.165) is 28.2 Å². The zero-order valence-electron chi connectivity index (χ0n) is 15.6. The number of para-hydroxylation sites is 1. The number of carbonyl (C=O) groups is 1. The molecule has 0 atom stereocenters. The SMILES string of the molecule is C=CC(=O)OCCc1ccc(N(c2ccccc2)c2ccc(CO)cc2)cc1. The Morgan fingerprint density at radius 3 is 1.93 bits per heavy atom. The lowest BCUT2D eigenvalue weighted by molar-refractivity contribution is -0.137. The van der Waals surface area contributed by atoms with Crippen molar-refractivity contribution in [1.29, 1.82) is 0 Å². The van der Waals surface area contributed by atoms with E-state index >= 15 is 0 Å². The van der Waals surface area contributed by atoms with E-state index in [4.69, 9.17) is 4.74 Å². The number of rotatable bonds is 8. The minimum Gasteiger partial charge on any atom is -0.462 e. The predicted molar refractivity (Wildman–Crippen MR) is 112 cm³/mol. The maximum absolute atomic E-state index is 11.1. The summed E-state index contributed by atoms with van der Waals surface area (Å²) in [5.74, 6) is -0.404. The van der Waals surface area contributed by atoms with Gasteiger partial charge in [-0.05, 0) is 47.5 Å². The number of benzene rings is 3. The largest absolute Gasteiger partial charge is 0.462 e. The summed E-state index contributed by atoms with van der Waals surface area (Å²) in [5, 5.41) is 9.30. The van der Waals surface area contributed by atoms with Gasteiger partial charge in [-0.15, -0.1) is 0 Å². The van der Waals surface area contributed by atoms with Crippen LogP contribution in [0, 0.1) is 0 Å². The molecular weight excluding hydrogens is 350 g/mol. The van der Waals surface area contributed by atoms with Crippen LogP contribution in [-0.4, -0.2) is 17.7 Å². The van der Waals surface area contributed by atoms with Crippen molar-refractivity contribution in [2.24, 2.45) is 0 Å². The number of aliphatic hydroxyl groups is 1. The summed E-state index contributed by atoms with van der Waals surface area (Å²) in [6.45, 7) is 3.74. The fourth-order valence-electron chi connectivity index (χ4n) is 2.91. The van der Waals surface area contributed by atoms with Crippen LogP contribution in [0.4, 0.5) is 17.1 Å². The van der Waals surface area contributed by atoms with Gasteiger partial charge in [-0.2, -0.15) is 0 Å². The number of esters is 1. The average Bonchev–Trinajstić information content (AvgIpc) is 2.76. The molecule has 3 rings (SSSR count). The van der Waals surface area contributed by atoms with Crippen molar-refractivity contribution in [3.05, 3.63) is 103 Å². The first-order valence-corrected chi connectivity index (χ1v) is 9.14. The molecule has 1 N–H and O–H groups in total. The van der Waals surface area contributed by atoms with Crippen molar-refractivity contribution < 1.29 is 14.6 Å². The molecule has 0 saturated carbocycles. The maximum Gasteiger partial charge on any atom is 0.330 e. The van der Waals surface area contributed by atoms with Gasteiger partial charge in [0.05, 0.1) is 13.2 Å². The molecule has 0 unspecified atom stereocenters. The Morgan fingerprint density at radius 1 is 0.857 bits per heavy atom. The lowest BCUT2D eigenvalue weighted by Gasteiger charge is -2.25. The van der Waals surface area contributed by atoms with E-state index in [9.17, 15) is 9.90 Å². The highest BCUT2D eigenvalue weighted by atomic mass is 16.5. The number of nitrogens with zero attached hydrogens (tertiary/aromatic N) is 1. The first kappa shape index (κ1) is 19.4. The third-order valence-electron chi connectivity index (χ3n) is 4.39. The number of hydrogen-bond donors (Lipinski definition) is 1. The van der Waals surface area contributed by atoms with Gasteiger partial charge in [-0.1, -0.05) is 49.0 Å². The van der Waals surface area contributed by atoms with Gasteiger partial charge in [-0.3, -0.25) is 0 Å². The summed E-state index contributed by atoms with van der Waals surface area (Å²) in [6.07, 6.45) is 1.82. The Kier molecular flexibility index (Phi) is 6.60. The minimum absolute atomic E-state index is 0.0245. The molecule has 0 aromatic heterocycles. The van der Waals surface area contributed by atoms with Gasteiger partial charge in [0.25, 0.3) is 0 Å². The van der Waals surface area contributed by atoms with Gasteiger partial charge < -0.3 is 14.7 Å². The molecule has 0 saturated heterocycles. The number of anilines is 3.